The summed E-state index contributed by atoms with van der Waals surface area (Å²) in [5, 5.41) is 3.20. The number of aromatic nitrogens is 1. The first kappa shape index (κ1) is 11.3. The van der Waals surface area contributed by atoms with Gasteiger partial charge in [0.15, 0.2) is 0 Å². The molecule has 1 N–H and O–H groups in total. The van der Waals surface area contributed by atoms with Crippen LogP contribution in [0.2, 0.25) is 0 Å². The molecule has 0 bridgehead atoms. The number of likely N-dealkylation sites (tertiary alicyclic amines) is 1. The van der Waals surface area contributed by atoms with Gasteiger partial charge in [-0.2, -0.15) is 4.39 Å². The monoisotopic (exact) mass is 223 g/mol. The minimum absolute atomic E-state index is 0.423. The fraction of sp³-hybridized carbons (Fsp3) is 0.583. The van der Waals surface area contributed by atoms with Crippen molar-refractivity contribution >= 4 is 5.82 Å². The number of pyridine rings is 1. The Kier molecular flexibility index (Phi) is 3.72. The first-order chi connectivity index (χ1) is 7.74. The van der Waals surface area contributed by atoms with Crippen molar-refractivity contribution < 1.29 is 4.39 Å². The molecular weight excluding hydrogens is 205 g/mol. The van der Waals surface area contributed by atoms with Crippen LogP contribution in [0.3, 0.4) is 0 Å². The van der Waals surface area contributed by atoms with E-state index in [2.05, 4.69) is 22.2 Å². The summed E-state index contributed by atoms with van der Waals surface area (Å²) in [6.45, 7) is 3.20. The van der Waals surface area contributed by atoms with Crippen molar-refractivity contribution in [3.05, 3.63) is 24.1 Å². The number of nitrogens with zero attached hydrogens (tertiary/aromatic N) is 2. The van der Waals surface area contributed by atoms with Crippen LogP contribution in [-0.4, -0.2) is 36.6 Å². The number of hydrogen-bond donors (Lipinski definition) is 1. The lowest BCUT2D eigenvalue weighted by Crippen LogP contribution is -2.33. The molecule has 3 nitrogen and oxygen atoms in total. The minimum Gasteiger partial charge on any atom is -0.370 e. The SMILES string of the molecule is CN1CCC(CNc2cccc(F)n2)CC1. The standard InChI is InChI=1S/C12H18FN3/c1-16-7-5-10(6-8-16)9-14-12-4-2-3-11(13)15-12/h2-4,10H,5-9H2,1H3,(H,14,15). The Morgan fingerprint density at radius 2 is 2.19 bits per heavy atom. The third-order valence-corrected chi connectivity index (χ3v) is 3.13. The van der Waals surface area contributed by atoms with Crippen molar-refractivity contribution in [3.63, 3.8) is 0 Å². The van der Waals surface area contributed by atoms with Crippen LogP contribution in [0.25, 0.3) is 0 Å². The minimum atomic E-state index is -0.423. The fourth-order valence-electron chi connectivity index (χ4n) is 2.02. The molecule has 1 saturated heterocycles. The third kappa shape index (κ3) is 3.17. The van der Waals surface area contributed by atoms with Gasteiger partial charge in [-0.15, -0.1) is 0 Å². The Labute approximate surface area is 95.7 Å². The van der Waals surface area contributed by atoms with E-state index in [1.54, 1.807) is 12.1 Å². The lowest BCUT2D eigenvalue weighted by Gasteiger charge is -2.29. The van der Waals surface area contributed by atoms with E-state index in [1.807, 2.05) is 0 Å². The van der Waals surface area contributed by atoms with Crippen molar-refractivity contribution in [3.8, 4) is 0 Å². The van der Waals surface area contributed by atoms with Crippen molar-refractivity contribution in [2.24, 2.45) is 5.92 Å². The van der Waals surface area contributed by atoms with Gasteiger partial charge in [0.2, 0.25) is 5.95 Å². The van der Waals surface area contributed by atoms with Crippen LogP contribution >= 0.6 is 0 Å². The summed E-state index contributed by atoms with van der Waals surface area (Å²) in [6, 6.07) is 4.85. The van der Waals surface area contributed by atoms with Crippen molar-refractivity contribution in [1.29, 1.82) is 0 Å². The van der Waals surface area contributed by atoms with Crippen LogP contribution in [0.5, 0.6) is 0 Å². The molecular formula is C12H18FN3. The van der Waals surface area contributed by atoms with Gasteiger partial charge in [0.25, 0.3) is 0 Å². The largest absolute Gasteiger partial charge is 0.370 e. The molecule has 0 saturated carbocycles. The van der Waals surface area contributed by atoms with E-state index in [4.69, 9.17) is 0 Å². The van der Waals surface area contributed by atoms with Gasteiger partial charge in [-0.3, -0.25) is 0 Å². The van der Waals surface area contributed by atoms with Gasteiger partial charge < -0.3 is 10.2 Å². The number of rotatable bonds is 3. The van der Waals surface area contributed by atoms with Gasteiger partial charge in [0.1, 0.15) is 5.82 Å². The molecule has 0 aromatic carbocycles. The smallest absolute Gasteiger partial charge is 0.214 e. The van der Waals surface area contributed by atoms with Crippen LogP contribution in [0.1, 0.15) is 12.8 Å². The zero-order valence-electron chi connectivity index (χ0n) is 9.62. The predicted octanol–water partition coefficient (Wildman–Crippen LogP) is 1.97. The van der Waals surface area contributed by atoms with E-state index in [9.17, 15) is 4.39 Å². The van der Waals surface area contributed by atoms with Crippen molar-refractivity contribution in [2.45, 2.75) is 12.8 Å². The number of anilines is 1. The van der Waals surface area contributed by atoms with Crippen LogP contribution in [0.4, 0.5) is 10.2 Å². The molecule has 1 fully saturated rings. The van der Waals surface area contributed by atoms with Gasteiger partial charge in [0.05, 0.1) is 0 Å². The Morgan fingerprint density at radius 1 is 1.44 bits per heavy atom. The number of hydrogen-bond acceptors (Lipinski definition) is 3. The Balaban J connectivity index is 1.79. The maximum atomic E-state index is 12.8. The fourth-order valence-corrected chi connectivity index (χ4v) is 2.02. The molecule has 0 spiro atoms. The highest BCUT2D eigenvalue weighted by molar-refractivity contribution is 5.33. The molecule has 1 aromatic heterocycles. The molecule has 16 heavy (non-hydrogen) atoms. The van der Waals surface area contributed by atoms with Crippen LogP contribution in [-0.2, 0) is 0 Å². The number of halogens is 1. The van der Waals surface area contributed by atoms with E-state index >= 15 is 0 Å². The van der Waals surface area contributed by atoms with E-state index < -0.39 is 5.95 Å². The number of piperidine rings is 1. The van der Waals surface area contributed by atoms with Crippen LogP contribution < -0.4 is 5.32 Å². The molecule has 0 atom stereocenters. The van der Waals surface area contributed by atoms with E-state index in [-0.39, 0.29) is 0 Å². The Hall–Kier alpha value is -1.16. The van der Waals surface area contributed by atoms with Gasteiger partial charge in [-0.05, 0) is 51.0 Å². The lowest BCUT2D eigenvalue weighted by molar-refractivity contribution is 0.226. The van der Waals surface area contributed by atoms with E-state index in [0.717, 1.165) is 19.6 Å². The summed E-state index contributed by atoms with van der Waals surface area (Å²) in [5.41, 5.74) is 0. The summed E-state index contributed by atoms with van der Waals surface area (Å²) in [6.07, 6.45) is 2.41. The molecule has 1 aliphatic heterocycles. The molecule has 2 rings (SSSR count). The van der Waals surface area contributed by atoms with Crippen LogP contribution in [0, 0.1) is 11.9 Å². The summed E-state index contributed by atoms with van der Waals surface area (Å²) in [4.78, 5) is 6.13. The first-order valence-corrected chi connectivity index (χ1v) is 5.79. The third-order valence-electron chi connectivity index (χ3n) is 3.13. The molecule has 1 aromatic rings. The Bertz CT molecular complexity index is 335. The van der Waals surface area contributed by atoms with Gasteiger partial charge >= 0.3 is 0 Å². The predicted molar refractivity (Wildman–Crippen MR) is 62.9 cm³/mol. The van der Waals surface area contributed by atoms with Gasteiger partial charge in [0, 0.05) is 6.54 Å². The second-order valence-corrected chi connectivity index (χ2v) is 4.47. The highest BCUT2D eigenvalue weighted by atomic mass is 19.1. The molecule has 0 radical (unpaired) electrons. The zero-order valence-corrected chi connectivity index (χ0v) is 9.62. The van der Waals surface area contributed by atoms with E-state index in [1.165, 1.54) is 18.9 Å². The summed E-state index contributed by atoms with van der Waals surface area (Å²) >= 11 is 0. The highest BCUT2D eigenvalue weighted by Crippen LogP contribution is 2.16. The maximum Gasteiger partial charge on any atom is 0.214 e. The molecule has 88 valence electrons. The molecule has 1 aliphatic rings. The molecule has 2 heterocycles. The van der Waals surface area contributed by atoms with Gasteiger partial charge in [-0.25, -0.2) is 4.98 Å². The Morgan fingerprint density at radius 3 is 2.88 bits per heavy atom. The van der Waals surface area contributed by atoms with Gasteiger partial charge in [-0.1, -0.05) is 6.07 Å². The summed E-state index contributed by atoms with van der Waals surface area (Å²) in [5.74, 6) is 0.897. The highest BCUT2D eigenvalue weighted by Gasteiger charge is 2.16. The summed E-state index contributed by atoms with van der Waals surface area (Å²) in [7, 11) is 2.15. The average Bonchev–Trinajstić information content (AvgIpc) is 2.28. The zero-order chi connectivity index (χ0) is 11.4. The molecule has 0 unspecified atom stereocenters. The molecule has 4 heteroatoms. The normalized spacial score (nSPS) is 18.6. The van der Waals surface area contributed by atoms with E-state index in [0.29, 0.717) is 11.7 Å². The van der Waals surface area contributed by atoms with Crippen molar-refractivity contribution in [1.82, 2.24) is 9.88 Å². The topological polar surface area (TPSA) is 28.2 Å². The average molecular weight is 223 g/mol. The molecule has 0 amide bonds. The maximum absolute atomic E-state index is 12.8. The quantitative estimate of drug-likeness (QED) is 0.794. The van der Waals surface area contributed by atoms with Crippen LogP contribution in [0.15, 0.2) is 18.2 Å². The second kappa shape index (κ2) is 5.25. The van der Waals surface area contributed by atoms with Crippen molar-refractivity contribution in [2.75, 3.05) is 32.0 Å². The second-order valence-electron chi connectivity index (χ2n) is 4.47. The lowest BCUT2D eigenvalue weighted by atomic mass is 9.97. The number of nitrogens with one attached hydrogen (secondary N) is 1. The first-order valence-electron chi connectivity index (χ1n) is 5.79. The molecule has 0 aliphatic carbocycles. The summed E-state index contributed by atoms with van der Waals surface area (Å²) < 4.78 is 12.8.